The second-order valence-corrected chi connectivity index (χ2v) is 4.63. The maximum Gasteiger partial charge on any atom is 0.137 e. The van der Waals surface area contributed by atoms with Crippen molar-refractivity contribution in [1.29, 1.82) is 0 Å². The number of aromatic nitrogens is 2. The predicted molar refractivity (Wildman–Crippen MR) is 65.9 cm³/mol. The van der Waals surface area contributed by atoms with Gasteiger partial charge in [0.2, 0.25) is 0 Å². The average molecular weight is 265 g/mol. The number of H-pyrrole nitrogens is 1. The van der Waals surface area contributed by atoms with Crippen LogP contribution in [-0.4, -0.2) is 9.97 Å². The Morgan fingerprint density at radius 1 is 1.13 bits per heavy atom. The third-order valence-corrected chi connectivity index (χ3v) is 3.66. The molecule has 2 aromatic rings. The highest BCUT2D eigenvalue weighted by molar-refractivity contribution is 9.10. The molecule has 15 heavy (non-hydrogen) atoms. The zero-order valence-electron chi connectivity index (χ0n) is 9.06. The van der Waals surface area contributed by atoms with E-state index in [-0.39, 0.29) is 0 Å². The number of nitrogens with zero attached hydrogens (tertiary/aromatic N) is 1. The lowest BCUT2D eigenvalue weighted by molar-refractivity contribution is 1.24. The van der Waals surface area contributed by atoms with Gasteiger partial charge in [-0.25, -0.2) is 4.98 Å². The highest BCUT2D eigenvalue weighted by Crippen LogP contribution is 2.26. The largest absolute Gasteiger partial charge is 0.342 e. The molecule has 0 saturated heterocycles. The van der Waals surface area contributed by atoms with E-state index in [9.17, 15) is 0 Å². The number of halogens is 1. The molecule has 0 spiro atoms. The average Bonchev–Trinajstić information content (AvgIpc) is 2.60. The summed E-state index contributed by atoms with van der Waals surface area (Å²) in [4.78, 5) is 7.57. The highest BCUT2D eigenvalue weighted by Gasteiger charge is 2.06. The Morgan fingerprint density at radius 3 is 2.20 bits per heavy atom. The Balaban J connectivity index is 2.55. The first-order valence-electron chi connectivity index (χ1n) is 4.86. The van der Waals surface area contributed by atoms with Crippen molar-refractivity contribution in [2.75, 3.05) is 0 Å². The molecule has 78 valence electrons. The lowest BCUT2D eigenvalue weighted by atomic mass is 10.1. The second-order valence-electron chi connectivity index (χ2n) is 3.84. The van der Waals surface area contributed by atoms with Crippen LogP contribution in [0.15, 0.2) is 22.8 Å². The van der Waals surface area contributed by atoms with E-state index in [1.54, 1.807) is 0 Å². The van der Waals surface area contributed by atoms with Gasteiger partial charge in [0.15, 0.2) is 0 Å². The maximum absolute atomic E-state index is 4.33. The summed E-state index contributed by atoms with van der Waals surface area (Å²) < 4.78 is 1.18. The number of benzene rings is 1. The molecule has 1 aromatic heterocycles. The van der Waals surface area contributed by atoms with Crippen LogP contribution in [0.4, 0.5) is 0 Å². The van der Waals surface area contributed by atoms with Gasteiger partial charge >= 0.3 is 0 Å². The quantitative estimate of drug-likeness (QED) is 0.835. The van der Waals surface area contributed by atoms with Crippen LogP contribution in [0.25, 0.3) is 11.4 Å². The molecular weight excluding hydrogens is 252 g/mol. The normalized spacial score (nSPS) is 10.7. The van der Waals surface area contributed by atoms with Gasteiger partial charge in [-0.2, -0.15) is 0 Å². The molecule has 3 heteroatoms. The van der Waals surface area contributed by atoms with Crippen molar-refractivity contribution in [2.45, 2.75) is 20.8 Å². The van der Waals surface area contributed by atoms with Crippen molar-refractivity contribution in [3.05, 3.63) is 39.6 Å². The molecule has 1 N–H and O–H groups in total. The van der Waals surface area contributed by atoms with Crippen LogP contribution >= 0.6 is 15.9 Å². The Morgan fingerprint density at radius 2 is 1.73 bits per heavy atom. The molecule has 2 nitrogen and oxygen atoms in total. The van der Waals surface area contributed by atoms with E-state index in [0.29, 0.717) is 0 Å². The summed E-state index contributed by atoms with van der Waals surface area (Å²) in [5.41, 5.74) is 4.70. The van der Waals surface area contributed by atoms with Crippen LogP contribution in [0, 0.1) is 20.8 Å². The molecule has 0 bridgehead atoms. The summed E-state index contributed by atoms with van der Waals surface area (Å²) in [6.45, 7) is 6.20. The van der Waals surface area contributed by atoms with E-state index in [1.165, 1.54) is 15.6 Å². The fourth-order valence-corrected chi connectivity index (χ4v) is 1.87. The van der Waals surface area contributed by atoms with Gasteiger partial charge in [-0.3, -0.25) is 0 Å². The molecule has 0 aliphatic carbocycles. The van der Waals surface area contributed by atoms with Crippen LogP contribution in [-0.2, 0) is 0 Å². The van der Waals surface area contributed by atoms with Crippen molar-refractivity contribution in [3.63, 3.8) is 0 Å². The van der Waals surface area contributed by atoms with E-state index < -0.39 is 0 Å². The molecule has 1 heterocycles. The third-order valence-electron chi connectivity index (χ3n) is 2.41. The first-order chi connectivity index (χ1) is 7.08. The third kappa shape index (κ3) is 1.97. The molecule has 0 saturated carbocycles. The first-order valence-corrected chi connectivity index (χ1v) is 5.66. The Hall–Kier alpha value is -1.09. The SMILES string of the molecule is Cc1cnc(-c2cc(C)c(Br)c(C)c2)[nH]1. The fourth-order valence-electron chi connectivity index (χ4n) is 1.64. The molecule has 2 rings (SSSR count). The van der Waals surface area contributed by atoms with Crippen molar-refractivity contribution in [3.8, 4) is 11.4 Å². The van der Waals surface area contributed by atoms with Crippen LogP contribution in [0.3, 0.4) is 0 Å². The van der Waals surface area contributed by atoms with Gasteiger partial charge in [0.05, 0.1) is 0 Å². The number of nitrogens with one attached hydrogen (secondary N) is 1. The number of aryl methyl sites for hydroxylation is 3. The summed E-state index contributed by atoms with van der Waals surface area (Å²) in [5.74, 6) is 0.936. The van der Waals surface area contributed by atoms with E-state index in [1.807, 2.05) is 13.1 Å². The van der Waals surface area contributed by atoms with E-state index >= 15 is 0 Å². The molecule has 0 unspecified atom stereocenters. The van der Waals surface area contributed by atoms with Gasteiger partial charge in [0, 0.05) is 21.9 Å². The number of hydrogen-bond acceptors (Lipinski definition) is 1. The van der Waals surface area contributed by atoms with Gasteiger partial charge in [-0.1, -0.05) is 15.9 Å². The number of imidazole rings is 1. The van der Waals surface area contributed by atoms with E-state index in [4.69, 9.17) is 0 Å². The van der Waals surface area contributed by atoms with Gasteiger partial charge in [-0.15, -0.1) is 0 Å². The standard InChI is InChI=1S/C12H13BrN2/c1-7-4-10(5-8(2)11(7)13)12-14-6-9(3)15-12/h4-6H,1-3H3,(H,14,15). The van der Waals surface area contributed by atoms with Crippen LogP contribution < -0.4 is 0 Å². The summed E-state index contributed by atoms with van der Waals surface area (Å²) in [7, 11) is 0. The van der Waals surface area contributed by atoms with Crippen LogP contribution in [0.5, 0.6) is 0 Å². The minimum atomic E-state index is 0.936. The maximum atomic E-state index is 4.33. The molecular formula is C12H13BrN2. The molecule has 0 amide bonds. The van der Waals surface area contributed by atoms with Crippen molar-refractivity contribution in [1.82, 2.24) is 9.97 Å². The zero-order chi connectivity index (χ0) is 11.0. The monoisotopic (exact) mass is 264 g/mol. The number of aromatic amines is 1. The molecule has 0 radical (unpaired) electrons. The highest BCUT2D eigenvalue weighted by atomic mass is 79.9. The molecule has 0 aliphatic heterocycles. The second kappa shape index (κ2) is 3.81. The molecule has 1 aromatic carbocycles. The van der Waals surface area contributed by atoms with Gasteiger partial charge < -0.3 is 4.98 Å². The fraction of sp³-hybridized carbons (Fsp3) is 0.250. The van der Waals surface area contributed by atoms with Crippen LogP contribution in [0.2, 0.25) is 0 Å². The Bertz CT molecular complexity index is 477. The van der Waals surface area contributed by atoms with Crippen LogP contribution in [0.1, 0.15) is 16.8 Å². The number of rotatable bonds is 1. The summed E-state index contributed by atoms with van der Waals surface area (Å²) >= 11 is 3.56. The van der Waals surface area contributed by atoms with Crippen molar-refractivity contribution in [2.24, 2.45) is 0 Å². The Labute approximate surface area is 97.9 Å². The lowest BCUT2D eigenvalue weighted by Gasteiger charge is -2.05. The van der Waals surface area contributed by atoms with Gasteiger partial charge in [-0.05, 0) is 44.0 Å². The minimum Gasteiger partial charge on any atom is -0.342 e. The Kier molecular flexibility index (Phi) is 2.65. The molecule has 0 fully saturated rings. The number of hydrogen-bond donors (Lipinski definition) is 1. The van der Waals surface area contributed by atoms with Crippen molar-refractivity contribution < 1.29 is 0 Å². The summed E-state index contributed by atoms with van der Waals surface area (Å²) in [6.07, 6.45) is 1.85. The van der Waals surface area contributed by atoms with E-state index in [2.05, 4.69) is 51.9 Å². The summed E-state index contributed by atoms with van der Waals surface area (Å²) in [5, 5.41) is 0. The minimum absolute atomic E-state index is 0.936. The smallest absolute Gasteiger partial charge is 0.137 e. The van der Waals surface area contributed by atoms with Crippen molar-refractivity contribution >= 4 is 15.9 Å². The lowest BCUT2D eigenvalue weighted by Crippen LogP contribution is -1.87. The van der Waals surface area contributed by atoms with Gasteiger partial charge in [0.1, 0.15) is 5.82 Å². The first kappa shape index (κ1) is 10.4. The predicted octanol–water partition coefficient (Wildman–Crippen LogP) is 3.76. The van der Waals surface area contributed by atoms with E-state index in [0.717, 1.165) is 17.1 Å². The summed E-state index contributed by atoms with van der Waals surface area (Å²) in [6, 6.07) is 4.27. The molecule has 0 atom stereocenters. The topological polar surface area (TPSA) is 28.7 Å². The zero-order valence-corrected chi connectivity index (χ0v) is 10.6. The molecule has 0 aliphatic rings. The van der Waals surface area contributed by atoms with Gasteiger partial charge in [0.25, 0.3) is 0 Å².